The third kappa shape index (κ3) is 1.05. The lowest BCUT2D eigenvalue weighted by atomic mass is 10.2. The second kappa shape index (κ2) is 2.34. The summed E-state index contributed by atoms with van der Waals surface area (Å²) in [5, 5.41) is 13.1. The van der Waals surface area contributed by atoms with Gasteiger partial charge in [-0.25, -0.2) is 0 Å². The Hall–Kier alpha value is -0.830. The maximum absolute atomic E-state index is 8.96. The third-order valence-electron chi connectivity index (χ3n) is 2.20. The van der Waals surface area contributed by atoms with Crippen molar-refractivity contribution in [3.8, 4) is 0 Å². The highest BCUT2D eigenvalue weighted by atomic mass is 16.3. The van der Waals surface area contributed by atoms with Gasteiger partial charge >= 0.3 is 0 Å². The summed E-state index contributed by atoms with van der Waals surface area (Å²) < 4.78 is 1.88. The predicted molar refractivity (Wildman–Crippen MR) is 41.1 cm³/mol. The third-order valence-corrected chi connectivity index (χ3v) is 2.20. The zero-order valence-electron chi connectivity index (χ0n) is 6.62. The second-order valence-electron chi connectivity index (χ2n) is 3.11. The van der Waals surface area contributed by atoms with E-state index < -0.39 is 0 Å². The van der Waals surface area contributed by atoms with Crippen molar-refractivity contribution < 1.29 is 5.11 Å². The molecule has 1 aliphatic carbocycles. The largest absolute Gasteiger partial charge is 0.392 e. The van der Waals surface area contributed by atoms with Crippen LogP contribution in [0.3, 0.4) is 0 Å². The van der Waals surface area contributed by atoms with E-state index in [0.29, 0.717) is 5.92 Å². The minimum Gasteiger partial charge on any atom is -0.392 e. The molecule has 0 amide bonds. The first-order valence-electron chi connectivity index (χ1n) is 3.94. The second-order valence-corrected chi connectivity index (χ2v) is 3.11. The molecule has 1 saturated carbocycles. The zero-order valence-corrected chi connectivity index (χ0v) is 6.62. The summed E-state index contributed by atoms with van der Waals surface area (Å²) >= 11 is 0. The molecule has 0 bridgehead atoms. The lowest BCUT2D eigenvalue weighted by Gasteiger charge is -2.00. The van der Waals surface area contributed by atoms with E-state index >= 15 is 0 Å². The van der Waals surface area contributed by atoms with Gasteiger partial charge in [-0.2, -0.15) is 5.10 Å². The van der Waals surface area contributed by atoms with Crippen LogP contribution in [0.4, 0.5) is 0 Å². The van der Waals surface area contributed by atoms with Crippen molar-refractivity contribution in [3.63, 3.8) is 0 Å². The van der Waals surface area contributed by atoms with Gasteiger partial charge in [-0.15, -0.1) is 0 Å². The summed E-state index contributed by atoms with van der Waals surface area (Å²) in [6, 6.07) is 0. The van der Waals surface area contributed by atoms with Crippen LogP contribution in [0.5, 0.6) is 0 Å². The van der Waals surface area contributed by atoms with Crippen molar-refractivity contribution in [2.75, 3.05) is 0 Å². The first-order chi connectivity index (χ1) is 5.33. The van der Waals surface area contributed by atoms with E-state index in [1.807, 2.05) is 11.7 Å². The maximum Gasteiger partial charge on any atom is 0.0715 e. The molecule has 0 radical (unpaired) electrons. The number of aromatic nitrogens is 2. The summed E-state index contributed by atoms with van der Waals surface area (Å²) in [6.45, 7) is 0.125. The monoisotopic (exact) mass is 152 g/mol. The summed E-state index contributed by atoms with van der Waals surface area (Å²) in [4.78, 5) is 0. The molecular formula is C8H12N2O. The van der Waals surface area contributed by atoms with E-state index in [2.05, 4.69) is 5.10 Å². The molecule has 0 aliphatic heterocycles. The number of hydrogen-bond donors (Lipinski definition) is 1. The smallest absolute Gasteiger partial charge is 0.0715 e. The summed E-state index contributed by atoms with van der Waals surface area (Å²) in [5.41, 5.74) is 2.22. The maximum atomic E-state index is 8.96. The molecule has 0 unspecified atom stereocenters. The fourth-order valence-corrected chi connectivity index (χ4v) is 1.50. The van der Waals surface area contributed by atoms with Gasteiger partial charge in [-0.05, 0) is 12.8 Å². The molecule has 2 rings (SSSR count). The summed E-state index contributed by atoms with van der Waals surface area (Å²) in [5.74, 6) is 0.671. The molecule has 1 N–H and O–H groups in total. The quantitative estimate of drug-likeness (QED) is 0.680. The molecular weight excluding hydrogens is 140 g/mol. The van der Waals surface area contributed by atoms with Gasteiger partial charge in [-0.3, -0.25) is 4.68 Å². The van der Waals surface area contributed by atoms with Crippen molar-refractivity contribution in [2.24, 2.45) is 7.05 Å². The summed E-state index contributed by atoms with van der Waals surface area (Å²) in [7, 11) is 1.94. The molecule has 0 spiro atoms. The molecule has 0 atom stereocenters. The van der Waals surface area contributed by atoms with Crippen LogP contribution < -0.4 is 0 Å². The molecule has 11 heavy (non-hydrogen) atoms. The van der Waals surface area contributed by atoms with Gasteiger partial charge in [-0.1, -0.05) is 0 Å². The number of aliphatic hydroxyl groups excluding tert-OH is 1. The number of aliphatic hydroxyl groups is 1. The number of rotatable bonds is 2. The van der Waals surface area contributed by atoms with Gasteiger partial charge in [0.1, 0.15) is 0 Å². The van der Waals surface area contributed by atoms with Crippen LogP contribution in [0.15, 0.2) is 6.20 Å². The average molecular weight is 152 g/mol. The number of hydrogen-bond acceptors (Lipinski definition) is 2. The van der Waals surface area contributed by atoms with Crippen LogP contribution in [0.1, 0.15) is 30.0 Å². The van der Waals surface area contributed by atoms with E-state index in [4.69, 9.17) is 5.11 Å². The van der Waals surface area contributed by atoms with Crippen LogP contribution >= 0.6 is 0 Å². The van der Waals surface area contributed by atoms with Crippen molar-refractivity contribution in [1.29, 1.82) is 0 Å². The molecule has 1 heterocycles. The van der Waals surface area contributed by atoms with E-state index in [-0.39, 0.29) is 6.61 Å². The predicted octanol–water partition coefficient (Wildman–Crippen LogP) is 0.790. The van der Waals surface area contributed by atoms with Crippen molar-refractivity contribution >= 4 is 0 Å². The fourth-order valence-electron chi connectivity index (χ4n) is 1.50. The molecule has 3 heteroatoms. The highest BCUT2D eigenvalue weighted by Crippen LogP contribution is 2.41. The van der Waals surface area contributed by atoms with Crippen LogP contribution in [-0.2, 0) is 13.7 Å². The molecule has 1 aromatic heterocycles. The van der Waals surface area contributed by atoms with Gasteiger partial charge in [0, 0.05) is 24.2 Å². The molecule has 0 saturated heterocycles. The minimum atomic E-state index is 0.125. The fraction of sp³-hybridized carbons (Fsp3) is 0.625. The Morgan fingerprint density at radius 2 is 2.45 bits per heavy atom. The Balaban J connectivity index is 2.38. The standard InChI is InChI=1S/C8H12N2O/c1-10-8(6-2-3-6)7(5-11)4-9-10/h4,6,11H,2-3,5H2,1H3. The Kier molecular flexibility index (Phi) is 1.46. The lowest BCUT2D eigenvalue weighted by Crippen LogP contribution is -1.98. The Morgan fingerprint density at radius 1 is 1.73 bits per heavy atom. The van der Waals surface area contributed by atoms with E-state index in [9.17, 15) is 0 Å². The molecule has 1 fully saturated rings. The highest BCUT2D eigenvalue weighted by molar-refractivity contribution is 5.24. The average Bonchev–Trinajstić information content (AvgIpc) is 2.76. The van der Waals surface area contributed by atoms with Gasteiger partial charge in [0.2, 0.25) is 0 Å². The van der Waals surface area contributed by atoms with Crippen molar-refractivity contribution in [2.45, 2.75) is 25.4 Å². The van der Waals surface area contributed by atoms with E-state index in [1.54, 1.807) is 6.20 Å². The van der Waals surface area contributed by atoms with Gasteiger partial charge < -0.3 is 5.11 Å². The molecule has 1 aliphatic rings. The SMILES string of the molecule is Cn1ncc(CO)c1C1CC1. The lowest BCUT2D eigenvalue weighted by molar-refractivity contribution is 0.280. The van der Waals surface area contributed by atoms with Crippen LogP contribution in [0.25, 0.3) is 0 Å². The molecule has 3 nitrogen and oxygen atoms in total. The van der Waals surface area contributed by atoms with Crippen molar-refractivity contribution in [3.05, 3.63) is 17.5 Å². The van der Waals surface area contributed by atoms with E-state index in [1.165, 1.54) is 18.5 Å². The van der Waals surface area contributed by atoms with Gasteiger partial charge in [0.05, 0.1) is 12.8 Å². The first-order valence-corrected chi connectivity index (χ1v) is 3.94. The van der Waals surface area contributed by atoms with Crippen LogP contribution in [0.2, 0.25) is 0 Å². The molecule has 60 valence electrons. The van der Waals surface area contributed by atoms with E-state index in [0.717, 1.165) is 5.56 Å². The van der Waals surface area contributed by atoms with Crippen molar-refractivity contribution in [1.82, 2.24) is 9.78 Å². The Labute approximate surface area is 65.7 Å². The number of aryl methyl sites for hydroxylation is 1. The molecule has 0 aromatic carbocycles. The zero-order chi connectivity index (χ0) is 7.84. The topological polar surface area (TPSA) is 38.0 Å². The Bertz CT molecular complexity index is 263. The van der Waals surface area contributed by atoms with Gasteiger partial charge in [0.15, 0.2) is 0 Å². The summed E-state index contributed by atoms with van der Waals surface area (Å²) in [6.07, 6.45) is 4.27. The minimum absolute atomic E-state index is 0.125. The normalized spacial score (nSPS) is 17.3. The van der Waals surface area contributed by atoms with Crippen LogP contribution in [-0.4, -0.2) is 14.9 Å². The highest BCUT2D eigenvalue weighted by Gasteiger charge is 2.28. The number of nitrogens with zero attached hydrogens (tertiary/aromatic N) is 2. The van der Waals surface area contributed by atoms with Crippen LogP contribution in [0, 0.1) is 0 Å². The van der Waals surface area contributed by atoms with Gasteiger partial charge in [0.25, 0.3) is 0 Å². The Morgan fingerprint density at radius 3 is 3.00 bits per heavy atom. The first kappa shape index (κ1) is 6.85. The molecule has 1 aromatic rings.